The predicted molar refractivity (Wildman–Crippen MR) is 32.4 cm³/mol. The van der Waals surface area contributed by atoms with E-state index in [0.29, 0.717) is 10.8 Å². The summed E-state index contributed by atoms with van der Waals surface area (Å²) in [4.78, 5) is 3.78. The van der Waals surface area contributed by atoms with E-state index in [1.54, 1.807) is 5.38 Å². The maximum absolute atomic E-state index is 8.44. The van der Waals surface area contributed by atoms with Crippen molar-refractivity contribution in [3.05, 3.63) is 11.1 Å². The molecule has 0 saturated heterocycles. The summed E-state index contributed by atoms with van der Waals surface area (Å²) in [6.45, 7) is -0.0201. The number of hydrogen-bond acceptors (Lipinski definition) is 4. The lowest BCUT2D eigenvalue weighted by Crippen LogP contribution is -1.84. The summed E-state index contributed by atoms with van der Waals surface area (Å²) < 4.78 is 0. The largest absolute Gasteiger partial charge is 0.390 e. The zero-order chi connectivity index (χ0) is 5.98. The number of nitrogen functional groups attached to an aromatic ring is 1. The Labute approximate surface area is 50.8 Å². The zero-order valence-corrected chi connectivity index (χ0v) is 4.98. The molecular formula is C4H6N2OS. The first-order valence-electron chi connectivity index (χ1n) is 2.13. The molecule has 0 aliphatic heterocycles. The number of nitrogens with two attached hydrogens (primary N) is 1. The van der Waals surface area contributed by atoms with Crippen LogP contribution in [0.3, 0.4) is 0 Å². The van der Waals surface area contributed by atoms with Gasteiger partial charge >= 0.3 is 0 Å². The minimum absolute atomic E-state index is 0.0201. The Morgan fingerprint density at radius 1 is 1.88 bits per heavy atom. The summed E-state index contributed by atoms with van der Waals surface area (Å²) >= 11 is 1.34. The molecule has 4 heteroatoms. The molecule has 0 atom stereocenters. The van der Waals surface area contributed by atoms with Crippen LogP contribution in [-0.4, -0.2) is 10.1 Å². The van der Waals surface area contributed by atoms with E-state index in [4.69, 9.17) is 10.8 Å². The molecule has 8 heavy (non-hydrogen) atoms. The van der Waals surface area contributed by atoms with Crippen LogP contribution in [0.25, 0.3) is 0 Å². The molecule has 0 aliphatic carbocycles. The number of aliphatic hydroxyl groups excluding tert-OH is 1. The maximum atomic E-state index is 8.44. The Bertz CT molecular complexity index is 174. The molecule has 3 nitrogen and oxygen atoms in total. The van der Waals surface area contributed by atoms with E-state index in [-0.39, 0.29) is 6.61 Å². The lowest BCUT2D eigenvalue weighted by atomic mass is 10.5. The van der Waals surface area contributed by atoms with Gasteiger partial charge in [-0.25, -0.2) is 4.98 Å². The van der Waals surface area contributed by atoms with Gasteiger partial charge in [0.05, 0.1) is 12.3 Å². The molecule has 3 N–H and O–H groups in total. The number of nitrogens with zero attached hydrogens (tertiary/aromatic N) is 1. The summed E-state index contributed by atoms with van der Waals surface area (Å²) in [5.41, 5.74) is 5.90. The average molecular weight is 130 g/mol. The smallest absolute Gasteiger partial charge is 0.180 e. The minimum atomic E-state index is -0.0201. The summed E-state index contributed by atoms with van der Waals surface area (Å²) in [6, 6.07) is 0. The molecule has 44 valence electrons. The van der Waals surface area contributed by atoms with Crippen LogP contribution in [0, 0.1) is 0 Å². The van der Waals surface area contributed by atoms with E-state index < -0.39 is 0 Å². The van der Waals surface area contributed by atoms with E-state index in [1.165, 1.54) is 11.3 Å². The van der Waals surface area contributed by atoms with E-state index >= 15 is 0 Å². The third kappa shape index (κ3) is 0.962. The third-order valence-corrected chi connectivity index (χ3v) is 1.45. The third-order valence-electron chi connectivity index (χ3n) is 0.732. The Kier molecular flexibility index (Phi) is 1.45. The van der Waals surface area contributed by atoms with E-state index in [9.17, 15) is 0 Å². The van der Waals surface area contributed by atoms with Crippen molar-refractivity contribution in [3.63, 3.8) is 0 Å². The summed E-state index contributed by atoms with van der Waals surface area (Å²) in [5, 5.41) is 10.7. The van der Waals surface area contributed by atoms with Crippen LogP contribution in [0.4, 0.5) is 5.13 Å². The average Bonchev–Trinajstić information content (AvgIpc) is 2.14. The van der Waals surface area contributed by atoms with Crippen molar-refractivity contribution < 1.29 is 5.11 Å². The molecule has 0 spiro atoms. The molecular weight excluding hydrogens is 124 g/mol. The Balaban J connectivity index is 2.84. The number of thiazole rings is 1. The monoisotopic (exact) mass is 130 g/mol. The lowest BCUT2D eigenvalue weighted by Gasteiger charge is -1.79. The first-order valence-corrected chi connectivity index (χ1v) is 3.01. The number of hydrogen-bond donors (Lipinski definition) is 2. The molecule has 1 aromatic rings. The van der Waals surface area contributed by atoms with Crippen LogP contribution < -0.4 is 5.73 Å². The highest BCUT2D eigenvalue weighted by Crippen LogP contribution is 2.09. The first kappa shape index (κ1) is 5.53. The highest BCUT2D eigenvalue weighted by Gasteiger charge is 1.92. The molecule has 0 amide bonds. The van der Waals surface area contributed by atoms with Crippen molar-refractivity contribution >= 4 is 16.5 Å². The molecule has 0 bridgehead atoms. The highest BCUT2D eigenvalue weighted by atomic mass is 32.1. The van der Waals surface area contributed by atoms with E-state index in [0.717, 1.165) is 0 Å². The van der Waals surface area contributed by atoms with Crippen LogP contribution >= 0.6 is 11.3 Å². The highest BCUT2D eigenvalue weighted by molar-refractivity contribution is 7.13. The van der Waals surface area contributed by atoms with Crippen molar-refractivity contribution in [2.45, 2.75) is 6.61 Å². The van der Waals surface area contributed by atoms with Crippen molar-refractivity contribution in [1.82, 2.24) is 4.98 Å². The molecule has 0 radical (unpaired) electrons. The lowest BCUT2D eigenvalue weighted by molar-refractivity contribution is 0.278. The Morgan fingerprint density at radius 2 is 2.62 bits per heavy atom. The van der Waals surface area contributed by atoms with Gasteiger partial charge in [-0.15, -0.1) is 11.3 Å². The second-order valence-corrected chi connectivity index (χ2v) is 2.22. The summed E-state index contributed by atoms with van der Waals surface area (Å²) in [6.07, 6.45) is 0. The second-order valence-electron chi connectivity index (χ2n) is 1.34. The number of rotatable bonds is 1. The van der Waals surface area contributed by atoms with Crippen molar-refractivity contribution in [2.75, 3.05) is 5.73 Å². The van der Waals surface area contributed by atoms with Gasteiger partial charge in [0.2, 0.25) is 0 Å². The Morgan fingerprint density at radius 3 is 2.88 bits per heavy atom. The van der Waals surface area contributed by atoms with Crippen molar-refractivity contribution in [2.24, 2.45) is 0 Å². The van der Waals surface area contributed by atoms with Crippen LogP contribution in [0.1, 0.15) is 5.69 Å². The van der Waals surface area contributed by atoms with Gasteiger partial charge in [0, 0.05) is 5.38 Å². The van der Waals surface area contributed by atoms with Gasteiger partial charge in [0.25, 0.3) is 0 Å². The second kappa shape index (κ2) is 2.11. The van der Waals surface area contributed by atoms with Gasteiger partial charge < -0.3 is 10.8 Å². The quantitative estimate of drug-likeness (QED) is 0.571. The first-order chi connectivity index (χ1) is 3.83. The summed E-state index contributed by atoms with van der Waals surface area (Å²) in [5.74, 6) is 0. The number of aromatic nitrogens is 1. The van der Waals surface area contributed by atoms with Gasteiger partial charge in [-0.3, -0.25) is 0 Å². The van der Waals surface area contributed by atoms with Gasteiger partial charge in [0.15, 0.2) is 5.13 Å². The predicted octanol–water partition coefficient (Wildman–Crippen LogP) is 0.218. The summed E-state index contributed by atoms with van der Waals surface area (Å²) in [7, 11) is 0. The fourth-order valence-corrected chi connectivity index (χ4v) is 0.949. The van der Waals surface area contributed by atoms with E-state index in [2.05, 4.69) is 4.98 Å². The fourth-order valence-electron chi connectivity index (χ4n) is 0.395. The van der Waals surface area contributed by atoms with Gasteiger partial charge in [-0.1, -0.05) is 0 Å². The van der Waals surface area contributed by atoms with E-state index in [1.807, 2.05) is 0 Å². The van der Waals surface area contributed by atoms with Gasteiger partial charge in [-0.05, 0) is 0 Å². The van der Waals surface area contributed by atoms with Crippen LogP contribution in [0.2, 0.25) is 0 Å². The zero-order valence-electron chi connectivity index (χ0n) is 4.16. The molecule has 0 aromatic carbocycles. The SMILES string of the molecule is Nc1nc(CO)cs1. The molecule has 1 heterocycles. The van der Waals surface area contributed by atoms with Crippen LogP contribution in [0.15, 0.2) is 5.38 Å². The molecule has 0 unspecified atom stereocenters. The normalized spacial score (nSPS) is 9.62. The van der Waals surface area contributed by atoms with Crippen molar-refractivity contribution in [1.29, 1.82) is 0 Å². The minimum Gasteiger partial charge on any atom is -0.390 e. The van der Waals surface area contributed by atoms with Crippen LogP contribution in [0.5, 0.6) is 0 Å². The number of aliphatic hydroxyl groups is 1. The number of anilines is 1. The van der Waals surface area contributed by atoms with Gasteiger partial charge in [-0.2, -0.15) is 0 Å². The maximum Gasteiger partial charge on any atom is 0.180 e. The van der Waals surface area contributed by atoms with Gasteiger partial charge in [0.1, 0.15) is 0 Å². The molecule has 0 fully saturated rings. The molecule has 1 aromatic heterocycles. The fraction of sp³-hybridized carbons (Fsp3) is 0.250. The molecule has 0 saturated carbocycles. The molecule has 0 aliphatic rings. The Hall–Kier alpha value is -0.610. The topological polar surface area (TPSA) is 59.1 Å². The van der Waals surface area contributed by atoms with Crippen molar-refractivity contribution in [3.8, 4) is 0 Å². The standard InChI is InChI=1S/C4H6N2OS/c5-4-6-3(1-7)2-8-4/h2,7H,1H2,(H2,5,6). The molecule has 1 rings (SSSR count). The van der Waals surface area contributed by atoms with Crippen LogP contribution in [-0.2, 0) is 6.61 Å².